The van der Waals surface area contributed by atoms with Gasteiger partial charge in [-0.2, -0.15) is 13.2 Å². The van der Waals surface area contributed by atoms with Crippen LogP contribution in [0, 0.1) is 0 Å². The molecule has 1 aliphatic heterocycles. The molecule has 2 N–H and O–H groups in total. The second-order valence-corrected chi connectivity index (χ2v) is 8.07. The molecule has 3 rings (SSSR count). The zero-order valence-electron chi connectivity index (χ0n) is 14.3. The number of hydrogen-bond donors (Lipinski definition) is 2. The van der Waals surface area contributed by atoms with Crippen molar-refractivity contribution in [3.63, 3.8) is 0 Å². The predicted molar refractivity (Wildman–Crippen MR) is 96.9 cm³/mol. The van der Waals surface area contributed by atoms with Gasteiger partial charge in [-0.1, -0.05) is 16.8 Å². The Balaban J connectivity index is 1.92. The highest BCUT2D eigenvalue weighted by molar-refractivity contribution is 7.89. The molecule has 0 spiro atoms. The molecule has 7 nitrogen and oxygen atoms in total. The number of sulfonamides is 1. The van der Waals surface area contributed by atoms with E-state index in [1.165, 1.54) is 31.3 Å². The van der Waals surface area contributed by atoms with Gasteiger partial charge in [-0.25, -0.2) is 18.1 Å². The van der Waals surface area contributed by atoms with E-state index in [0.717, 1.165) is 6.07 Å². The first-order chi connectivity index (χ1) is 13.1. The molecule has 28 heavy (non-hydrogen) atoms. The van der Waals surface area contributed by atoms with Crippen LogP contribution in [0.1, 0.15) is 23.7 Å². The molecule has 1 aromatic heterocycles. The molecule has 2 heterocycles. The third kappa shape index (κ3) is 4.37. The van der Waals surface area contributed by atoms with E-state index in [9.17, 15) is 21.6 Å². The molecule has 0 saturated carbocycles. The monoisotopic (exact) mass is 434 g/mol. The fraction of sp³-hybridized carbons (Fsp3) is 0.250. The third-order valence-electron chi connectivity index (χ3n) is 3.91. The van der Waals surface area contributed by atoms with Gasteiger partial charge in [0.05, 0.1) is 10.5 Å². The molecule has 0 radical (unpaired) electrons. The number of oxime groups is 1. The van der Waals surface area contributed by atoms with Crippen molar-refractivity contribution in [1.82, 2.24) is 9.71 Å². The van der Waals surface area contributed by atoms with Gasteiger partial charge in [0.25, 0.3) is 0 Å². The summed E-state index contributed by atoms with van der Waals surface area (Å²) in [5.41, 5.74) is -0.171. The van der Waals surface area contributed by atoms with E-state index < -0.39 is 27.9 Å². The summed E-state index contributed by atoms with van der Waals surface area (Å²) in [5.74, 6) is 0.157. The maximum atomic E-state index is 12.6. The molecular formula is C16H14ClF3N4O3S. The van der Waals surface area contributed by atoms with Gasteiger partial charge in [0.1, 0.15) is 11.0 Å². The molecular weight excluding hydrogens is 421 g/mol. The molecule has 0 amide bonds. The van der Waals surface area contributed by atoms with E-state index in [2.05, 4.69) is 20.2 Å². The second kappa shape index (κ2) is 7.57. The summed E-state index contributed by atoms with van der Waals surface area (Å²) in [4.78, 5) is 8.89. The molecule has 12 heteroatoms. The van der Waals surface area contributed by atoms with E-state index in [-0.39, 0.29) is 22.3 Å². The van der Waals surface area contributed by atoms with Crippen LogP contribution in [0.2, 0.25) is 0 Å². The van der Waals surface area contributed by atoms with Crippen molar-refractivity contribution in [3.05, 3.63) is 47.7 Å². The average molecular weight is 435 g/mol. The summed E-state index contributed by atoms with van der Waals surface area (Å²) in [6, 6.07) is 6.38. The van der Waals surface area contributed by atoms with Gasteiger partial charge in [-0.3, -0.25) is 0 Å². The van der Waals surface area contributed by atoms with Crippen molar-refractivity contribution in [2.45, 2.75) is 23.6 Å². The Labute approximate surface area is 163 Å². The lowest BCUT2D eigenvalue weighted by atomic mass is 10.1. The molecule has 1 aliphatic rings. The predicted octanol–water partition coefficient (Wildman–Crippen LogP) is 3.77. The van der Waals surface area contributed by atoms with Gasteiger partial charge in [0.2, 0.25) is 10.0 Å². The largest absolute Gasteiger partial charge is 0.417 e. The van der Waals surface area contributed by atoms with Crippen molar-refractivity contribution in [2.24, 2.45) is 5.16 Å². The maximum absolute atomic E-state index is 12.6. The van der Waals surface area contributed by atoms with Gasteiger partial charge in [0, 0.05) is 23.9 Å². The summed E-state index contributed by atoms with van der Waals surface area (Å²) in [5, 5.41) is 6.65. The number of halogens is 4. The van der Waals surface area contributed by atoms with Crippen LogP contribution in [0.4, 0.5) is 24.7 Å². The minimum Gasteiger partial charge on any atom is -0.386 e. The minimum absolute atomic E-state index is 0.0208. The Morgan fingerprint density at radius 3 is 2.54 bits per heavy atom. The second-order valence-electron chi connectivity index (χ2n) is 5.78. The van der Waals surface area contributed by atoms with Gasteiger partial charge in [-0.15, -0.1) is 0 Å². The van der Waals surface area contributed by atoms with Crippen LogP contribution in [0.25, 0.3) is 0 Å². The van der Waals surface area contributed by atoms with E-state index >= 15 is 0 Å². The van der Waals surface area contributed by atoms with Crippen LogP contribution in [0.15, 0.2) is 46.6 Å². The van der Waals surface area contributed by atoms with Crippen LogP contribution >= 0.6 is 11.6 Å². The van der Waals surface area contributed by atoms with Gasteiger partial charge >= 0.3 is 6.18 Å². The van der Waals surface area contributed by atoms with Gasteiger partial charge in [0.15, 0.2) is 6.10 Å². The fourth-order valence-corrected chi connectivity index (χ4v) is 3.68. The molecule has 1 aromatic carbocycles. The molecule has 0 bridgehead atoms. The van der Waals surface area contributed by atoms with Crippen molar-refractivity contribution < 1.29 is 26.4 Å². The van der Waals surface area contributed by atoms with E-state index in [1.54, 1.807) is 0 Å². The maximum Gasteiger partial charge on any atom is 0.417 e. The van der Waals surface area contributed by atoms with E-state index in [0.29, 0.717) is 17.4 Å². The summed E-state index contributed by atoms with van der Waals surface area (Å²) < 4.78 is 64.7. The van der Waals surface area contributed by atoms with Crippen molar-refractivity contribution in [1.29, 1.82) is 0 Å². The normalized spacial score (nSPS) is 17.2. The van der Waals surface area contributed by atoms with Gasteiger partial charge in [-0.05, 0) is 37.4 Å². The zero-order chi connectivity index (χ0) is 20.5. The highest BCUT2D eigenvalue weighted by atomic mass is 35.5. The number of benzene rings is 1. The number of rotatable bonds is 5. The summed E-state index contributed by atoms with van der Waals surface area (Å²) in [6.07, 6.45) is -4.30. The Morgan fingerprint density at radius 1 is 1.25 bits per heavy atom. The molecule has 0 saturated heterocycles. The highest BCUT2D eigenvalue weighted by Crippen LogP contribution is 2.35. The highest BCUT2D eigenvalue weighted by Gasteiger charge is 2.31. The summed E-state index contributed by atoms with van der Waals surface area (Å²) in [7, 11) is -2.51. The number of pyridine rings is 1. The number of anilines is 2. The van der Waals surface area contributed by atoms with Crippen LogP contribution in [0.5, 0.6) is 0 Å². The zero-order valence-corrected chi connectivity index (χ0v) is 15.9. The quantitative estimate of drug-likeness (QED) is 0.747. The Morgan fingerprint density at radius 2 is 2.00 bits per heavy atom. The van der Waals surface area contributed by atoms with Crippen LogP contribution in [-0.4, -0.2) is 25.6 Å². The third-order valence-corrected chi connectivity index (χ3v) is 5.62. The first-order valence-electron chi connectivity index (χ1n) is 7.86. The van der Waals surface area contributed by atoms with Crippen molar-refractivity contribution in [2.75, 3.05) is 12.4 Å². The first-order valence-corrected chi connectivity index (χ1v) is 9.72. The van der Waals surface area contributed by atoms with Crippen molar-refractivity contribution in [3.8, 4) is 0 Å². The Bertz CT molecular complexity index is 1010. The topological polar surface area (TPSA) is 92.7 Å². The fourth-order valence-electron chi connectivity index (χ4n) is 2.53. The summed E-state index contributed by atoms with van der Waals surface area (Å²) in [6.45, 7) is 0. The number of aromatic nitrogens is 1. The minimum atomic E-state index is -4.49. The van der Waals surface area contributed by atoms with Crippen LogP contribution < -0.4 is 10.0 Å². The molecule has 1 unspecified atom stereocenters. The van der Waals surface area contributed by atoms with E-state index in [4.69, 9.17) is 16.4 Å². The number of nitrogens with one attached hydrogen (secondary N) is 2. The lowest BCUT2D eigenvalue weighted by molar-refractivity contribution is -0.137. The molecule has 150 valence electrons. The average Bonchev–Trinajstić information content (AvgIpc) is 3.07. The first kappa shape index (κ1) is 20.4. The van der Waals surface area contributed by atoms with Gasteiger partial charge < -0.3 is 10.2 Å². The van der Waals surface area contributed by atoms with Crippen LogP contribution in [-0.2, 0) is 21.0 Å². The number of nitrogens with zero attached hydrogens (tertiary/aromatic N) is 2. The molecule has 0 aliphatic carbocycles. The molecule has 1 atom stereocenters. The molecule has 0 fully saturated rings. The van der Waals surface area contributed by atoms with Crippen LogP contribution in [0.3, 0.4) is 0 Å². The Hall–Kier alpha value is -2.37. The lowest BCUT2D eigenvalue weighted by Gasteiger charge is -2.16. The molecule has 2 aromatic rings. The standard InChI is InChI=1S/C16H14ClF3N4O3S/c1-21-28(25,26)13-4-3-10(6-11(13)12-7-14(17)24-27-12)23-15-5-2-9(8-22-15)16(18,19)20/h2-6,8,12,21H,7H2,1H3,(H,22,23). The number of alkyl halides is 3. The smallest absolute Gasteiger partial charge is 0.386 e. The van der Waals surface area contributed by atoms with Crippen molar-refractivity contribution >= 4 is 38.3 Å². The lowest BCUT2D eigenvalue weighted by Crippen LogP contribution is -2.21. The Kier molecular flexibility index (Phi) is 5.50. The summed E-state index contributed by atoms with van der Waals surface area (Å²) >= 11 is 5.82. The number of hydrogen-bond acceptors (Lipinski definition) is 6. The SMILES string of the molecule is CNS(=O)(=O)c1ccc(Nc2ccc(C(F)(F)F)cn2)cc1C1CC(Cl)=NO1. The van der Waals surface area contributed by atoms with E-state index in [1.807, 2.05) is 0 Å².